The summed E-state index contributed by atoms with van der Waals surface area (Å²) in [4.78, 5) is 0. The second kappa shape index (κ2) is 4.20. The zero-order valence-corrected chi connectivity index (χ0v) is 8.79. The molecule has 0 saturated carbocycles. The molecule has 2 N–H and O–H groups in total. The summed E-state index contributed by atoms with van der Waals surface area (Å²) in [6.45, 7) is 2.06. The number of benzene rings is 1. The quantitative estimate of drug-likeness (QED) is 0.718. The maximum Gasteiger partial charge on any atom is 0.0480 e. The fourth-order valence-corrected chi connectivity index (χ4v) is 1.46. The van der Waals surface area contributed by atoms with Crippen molar-refractivity contribution >= 4 is 18.1 Å². The monoisotopic (exact) mass is 208 g/mol. The number of aryl methyl sites for hydroxylation is 1. The Hall–Kier alpha value is -1.41. The van der Waals surface area contributed by atoms with Crippen LogP contribution in [0.1, 0.15) is 5.56 Å². The van der Waals surface area contributed by atoms with Crippen LogP contribution in [0.5, 0.6) is 0 Å². The number of hydrogen-bond donors (Lipinski definition) is 1. The minimum Gasteiger partial charge on any atom is -0.399 e. The molecular formula is C11H13ClN2. The molecule has 0 unspecified atom stereocenters. The highest BCUT2D eigenvalue weighted by molar-refractivity contribution is 5.85. The largest absolute Gasteiger partial charge is 0.399 e. The maximum absolute atomic E-state index is 5.67. The molecule has 2 nitrogen and oxygen atoms in total. The maximum atomic E-state index is 5.67. The predicted octanol–water partition coefficient (Wildman–Crippen LogP) is 2.79. The Kier molecular flexibility index (Phi) is 3.20. The number of rotatable bonds is 1. The van der Waals surface area contributed by atoms with E-state index in [4.69, 9.17) is 5.73 Å². The highest BCUT2D eigenvalue weighted by atomic mass is 35.5. The highest BCUT2D eigenvalue weighted by Gasteiger charge is 1.98. The van der Waals surface area contributed by atoms with Gasteiger partial charge in [0.05, 0.1) is 0 Å². The summed E-state index contributed by atoms with van der Waals surface area (Å²) in [6.07, 6.45) is 4.05. The molecule has 0 atom stereocenters. The molecule has 0 radical (unpaired) electrons. The van der Waals surface area contributed by atoms with Crippen molar-refractivity contribution in [2.75, 3.05) is 5.73 Å². The van der Waals surface area contributed by atoms with Crippen molar-refractivity contribution < 1.29 is 0 Å². The number of nitrogens with zero attached hydrogens (tertiary/aromatic N) is 1. The van der Waals surface area contributed by atoms with E-state index in [0.29, 0.717) is 0 Å². The number of nitrogens with two attached hydrogens (primary N) is 1. The molecule has 0 aliphatic heterocycles. The number of hydrogen-bond acceptors (Lipinski definition) is 1. The molecule has 1 aromatic heterocycles. The van der Waals surface area contributed by atoms with Crippen molar-refractivity contribution in [3.05, 3.63) is 48.3 Å². The van der Waals surface area contributed by atoms with E-state index in [-0.39, 0.29) is 12.4 Å². The molecule has 0 aliphatic carbocycles. The fourth-order valence-electron chi connectivity index (χ4n) is 1.46. The summed E-state index contributed by atoms with van der Waals surface area (Å²) in [7, 11) is 0. The van der Waals surface area contributed by atoms with Gasteiger partial charge in [0, 0.05) is 23.8 Å². The molecule has 2 aromatic rings. The molecule has 3 heteroatoms. The van der Waals surface area contributed by atoms with E-state index in [9.17, 15) is 0 Å². The summed E-state index contributed by atoms with van der Waals surface area (Å²) in [5.74, 6) is 0. The molecule has 14 heavy (non-hydrogen) atoms. The normalized spacial score (nSPS) is 9.50. The molecule has 0 aliphatic rings. The first-order valence-electron chi connectivity index (χ1n) is 4.27. The van der Waals surface area contributed by atoms with Gasteiger partial charge in [-0.15, -0.1) is 12.4 Å². The van der Waals surface area contributed by atoms with Gasteiger partial charge in [-0.2, -0.15) is 0 Å². The second-order valence-electron chi connectivity index (χ2n) is 3.14. The van der Waals surface area contributed by atoms with Crippen LogP contribution < -0.4 is 5.73 Å². The third-order valence-corrected chi connectivity index (χ3v) is 2.10. The van der Waals surface area contributed by atoms with Crippen LogP contribution >= 0.6 is 12.4 Å². The first kappa shape index (κ1) is 10.7. The van der Waals surface area contributed by atoms with Gasteiger partial charge in [0.2, 0.25) is 0 Å². The van der Waals surface area contributed by atoms with Crippen LogP contribution in [0.25, 0.3) is 5.69 Å². The van der Waals surface area contributed by atoms with Crippen LogP contribution in [0, 0.1) is 6.92 Å². The van der Waals surface area contributed by atoms with Crippen molar-refractivity contribution in [3.8, 4) is 5.69 Å². The number of aromatic nitrogens is 1. The van der Waals surface area contributed by atoms with Crippen LogP contribution in [0.3, 0.4) is 0 Å². The SMILES string of the molecule is Cc1cc(N)ccc1-n1cccc1.Cl. The summed E-state index contributed by atoms with van der Waals surface area (Å²) < 4.78 is 2.08. The predicted molar refractivity (Wildman–Crippen MR) is 62.2 cm³/mol. The number of nitrogen functional groups attached to an aromatic ring is 1. The molecule has 0 saturated heterocycles. The zero-order valence-electron chi connectivity index (χ0n) is 7.97. The van der Waals surface area contributed by atoms with Crippen LogP contribution in [-0.2, 0) is 0 Å². The van der Waals surface area contributed by atoms with Gasteiger partial charge in [-0.3, -0.25) is 0 Å². The van der Waals surface area contributed by atoms with Crippen molar-refractivity contribution in [1.29, 1.82) is 0 Å². The van der Waals surface area contributed by atoms with Gasteiger partial charge in [-0.1, -0.05) is 0 Å². The van der Waals surface area contributed by atoms with Crippen LogP contribution in [0.15, 0.2) is 42.7 Å². The highest BCUT2D eigenvalue weighted by Crippen LogP contribution is 2.16. The van der Waals surface area contributed by atoms with E-state index in [1.54, 1.807) is 0 Å². The summed E-state index contributed by atoms with van der Waals surface area (Å²) in [5.41, 5.74) is 8.86. The van der Waals surface area contributed by atoms with Crippen molar-refractivity contribution in [1.82, 2.24) is 4.57 Å². The smallest absolute Gasteiger partial charge is 0.0480 e. The first-order valence-corrected chi connectivity index (χ1v) is 4.27. The minimum atomic E-state index is 0. The molecule has 0 spiro atoms. The van der Waals surface area contributed by atoms with E-state index in [1.165, 1.54) is 11.3 Å². The molecule has 2 rings (SSSR count). The lowest BCUT2D eigenvalue weighted by Crippen LogP contribution is -1.94. The number of halogens is 1. The van der Waals surface area contributed by atoms with Gasteiger partial charge >= 0.3 is 0 Å². The fraction of sp³-hybridized carbons (Fsp3) is 0.0909. The summed E-state index contributed by atoms with van der Waals surface area (Å²) in [5, 5.41) is 0. The van der Waals surface area contributed by atoms with Crippen molar-refractivity contribution in [2.45, 2.75) is 6.92 Å². The third kappa shape index (κ3) is 1.91. The second-order valence-corrected chi connectivity index (χ2v) is 3.14. The van der Waals surface area contributed by atoms with E-state index >= 15 is 0 Å². The first-order chi connectivity index (χ1) is 6.27. The Balaban J connectivity index is 0.000000980. The molecule has 74 valence electrons. The van der Waals surface area contributed by atoms with Crippen LogP contribution in [0.2, 0.25) is 0 Å². The van der Waals surface area contributed by atoms with E-state index < -0.39 is 0 Å². The average Bonchev–Trinajstić information content (AvgIpc) is 2.56. The van der Waals surface area contributed by atoms with E-state index in [2.05, 4.69) is 11.5 Å². The standard InChI is InChI=1S/C11H12N2.ClH/c1-9-8-10(12)4-5-11(9)13-6-2-3-7-13;/h2-8H,12H2,1H3;1H. The van der Waals surface area contributed by atoms with Gasteiger partial charge < -0.3 is 10.3 Å². The zero-order chi connectivity index (χ0) is 9.26. The van der Waals surface area contributed by atoms with Crippen LogP contribution in [-0.4, -0.2) is 4.57 Å². The molecular weight excluding hydrogens is 196 g/mol. The van der Waals surface area contributed by atoms with Gasteiger partial charge in [-0.25, -0.2) is 0 Å². The molecule has 1 heterocycles. The Bertz CT molecular complexity index is 407. The van der Waals surface area contributed by atoms with Crippen LogP contribution in [0.4, 0.5) is 5.69 Å². The van der Waals surface area contributed by atoms with Crippen molar-refractivity contribution in [3.63, 3.8) is 0 Å². The molecule has 0 amide bonds. The number of anilines is 1. The van der Waals surface area contributed by atoms with Crippen molar-refractivity contribution in [2.24, 2.45) is 0 Å². The third-order valence-electron chi connectivity index (χ3n) is 2.10. The lowest BCUT2D eigenvalue weighted by atomic mass is 10.2. The topological polar surface area (TPSA) is 30.9 Å². The lowest BCUT2D eigenvalue weighted by molar-refractivity contribution is 1.06. The van der Waals surface area contributed by atoms with E-state index in [1.807, 2.05) is 42.7 Å². The minimum absolute atomic E-state index is 0. The van der Waals surface area contributed by atoms with Gasteiger partial charge in [0.15, 0.2) is 0 Å². The van der Waals surface area contributed by atoms with Gasteiger partial charge in [-0.05, 0) is 42.8 Å². The lowest BCUT2D eigenvalue weighted by Gasteiger charge is -2.07. The molecule has 0 bridgehead atoms. The Morgan fingerprint density at radius 1 is 1.14 bits per heavy atom. The van der Waals surface area contributed by atoms with E-state index in [0.717, 1.165) is 5.69 Å². The van der Waals surface area contributed by atoms with Gasteiger partial charge in [0.25, 0.3) is 0 Å². The summed E-state index contributed by atoms with van der Waals surface area (Å²) in [6, 6.07) is 9.95. The Morgan fingerprint density at radius 3 is 2.36 bits per heavy atom. The molecule has 0 fully saturated rings. The summed E-state index contributed by atoms with van der Waals surface area (Å²) >= 11 is 0. The average molecular weight is 209 g/mol. The van der Waals surface area contributed by atoms with Gasteiger partial charge in [0.1, 0.15) is 0 Å². The Labute approximate surface area is 89.8 Å². The molecule has 1 aromatic carbocycles. The Morgan fingerprint density at radius 2 is 1.79 bits per heavy atom.